The zero-order valence-corrected chi connectivity index (χ0v) is 13.7. The molecular weight excluding hydrogens is 294 g/mol. The van der Waals surface area contributed by atoms with E-state index in [1.54, 1.807) is 16.8 Å². The van der Waals surface area contributed by atoms with Gasteiger partial charge in [-0.05, 0) is 31.5 Å². The first kappa shape index (κ1) is 14.6. The molecule has 0 unspecified atom stereocenters. The first-order valence-corrected chi connectivity index (χ1v) is 8.18. The minimum Gasteiger partial charge on any atom is -0.458 e. The SMILES string of the molecule is CCn1nnc2cc(C(=O)O[C@@H]3[C@@H]4CCO[C@H]4C3(C)C)ccc21. The zero-order valence-electron chi connectivity index (χ0n) is 13.7. The summed E-state index contributed by atoms with van der Waals surface area (Å²) in [4.78, 5) is 12.5. The third kappa shape index (κ3) is 2.08. The van der Waals surface area contributed by atoms with Crippen molar-refractivity contribution in [3.8, 4) is 0 Å². The summed E-state index contributed by atoms with van der Waals surface area (Å²) in [6, 6.07) is 5.42. The molecule has 2 heterocycles. The Kier molecular flexibility index (Phi) is 3.20. The molecule has 6 nitrogen and oxygen atoms in total. The molecule has 0 amide bonds. The highest BCUT2D eigenvalue weighted by Gasteiger charge is 2.61. The van der Waals surface area contributed by atoms with Crippen LogP contribution >= 0.6 is 0 Å². The quantitative estimate of drug-likeness (QED) is 0.814. The van der Waals surface area contributed by atoms with Crippen molar-refractivity contribution in [3.05, 3.63) is 23.8 Å². The van der Waals surface area contributed by atoms with Crippen molar-refractivity contribution in [2.45, 2.75) is 45.9 Å². The molecule has 1 saturated carbocycles. The van der Waals surface area contributed by atoms with Gasteiger partial charge in [0.2, 0.25) is 0 Å². The van der Waals surface area contributed by atoms with Crippen LogP contribution in [0.5, 0.6) is 0 Å². The van der Waals surface area contributed by atoms with Gasteiger partial charge in [0.25, 0.3) is 0 Å². The van der Waals surface area contributed by atoms with E-state index in [0.29, 0.717) is 11.5 Å². The van der Waals surface area contributed by atoms with Gasteiger partial charge in [0.1, 0.15) is 11.6 Å². The molecule has 1 aromatic carbocycles. The van der Waals surface area contributed by atoms with E-state index < -0.39 is 0 Å². The van der Waals surface area contributed by atoms with Crippen LogP contribution in [0, 0.1) is 11.3 Å². The average molecular weight is 315 g/mol. The lowest BCUT2D eigenvalue weighted by molar-refractivity contribution is -0.183. The van der Waals surface area contributed by atoms with Crippen LogP contribution in [0.15, 0.2) is 18.2 Å². The summed E-state index contributed by atoms with van der Waals surface area (Å²) in [5.41, 5.74) is 2.05. The molecule has 0 spiro atoms. The molecule has 4 rings (SSSR count). The molecule has 0 bridgehead atoms. The van der Waals surface area contributed by atoms with Gasteiger partial charge >= 0.3 is 5.97 Å². The number of hydrogen-bond donors (Lipinski definition) is 0. The van der Waals surface area contributed by atoms with Crippen LogP contribution in [0.2, 0.25) is 0 Å². The molecule has 1 aliphatic carbocycles. The second kappa shape index (κ2) is 5.03. The molecular formula is C17H21N3O3. The fourth-order valence-corrected chi connectivity index (χ4v) is 4.03. The van der Waals surface area contributed by atoms with Gasteiger partial charge in [-0.3, -0.25) is 0 Å². The Bertz CT molecular complexity index is 768. The van der Waals surface area contributed by atoms with Gasteiger partial charge in [0.05, 0.1) is 17.2 Å². The normalized spacial score (nSPS) is 28.4. The fraction of sp³-hybridized carbons (Fsp3) is 0.588. The van der Waals surface area contributed by atoms with E-state index in [9.17, 15) is 4.79 Å². The van der Waals surface area contributed by atoms with Crippen LogP contribution in [0.4, 0.5) is 0 Å². The minimum atomic E-state index is -0.290. The third-order valence-electron chi connectivity index (χ3n) is 5.28. The Morgan fingerprint density at radius 2 is 2.30 bits per heavy atom. The first-order chi connectivity index (χ1) is 11.0. The lowest BCUT2D eigenvalue weighted by atomic mass is 9.59. The van der Waals surface area contributed by atoms with E-state index in [-0.39, 0.29) is 23.6 Å². The summed E-state index contributed by atoms with van der Waals surface area (Å²) in [7, 11) is 0. The topological polar surface area (TPSA) is 66.2 Å². The maximum Gasteiger partial charge on any atom is 0.338 e. The van der Waals surface area contributed by atoms with Crippen LogP contribution in [0.1, 0.15) is 37.6 Å². The maximum atomic E-state index is 12.5. The predicted molar refractivity (Wildman–Crippen MR) is 84.0 cm³/mol. The summed E-state index contributed by atoms with van der Waals surface area (Å²) in [5, 5.41) is 8.18. The lowest BCUT2D eigenvalue weighted by Gasteiger charge is -2.53. The highest BCUT2D eigenvalue weighted by molar-refractivity contribution is 5.93. The van der Waals surface area contributed by atoms with E-state index in [0.717, 1.165) is 30.6 Å². The molecule has 2 fully saturated rings. The summed E-state index contributed by atoms with van der Waals surface area (Å²) in [5.74, 6) is 0.0417. The number of nitrogens with zero attached hydrogens (tertiary/aromatic N) is 3. The predicted octanol–water partition coefficient (Wildman–Crippen LogP) is 2.42. The van der Waals surface area contributed by atoms with Crippen molar-refractivity contribution in [1.82, 2.24) is 15.0 Å². The van der Waals surface area contributed by atoms with Crippen LogP contribution in [0.3, 0.4) is 0 Å². The monoisotopic (exact) mass is 315 g/mol. The van der Waals surface area contributed by atoms with Crippen LogP contribution < -0.4 is 0 Å². The molecule has 23 heavy (non-hydrogen) atoms. The smallest absolute Gasteiger partial charge is 0.338 e. The van der Waals surface area contributed by atoms with Gasteiger partial charge in [-0.25, -0.2) is 9.48 Å². The minimum absolute atomic E-state index is 0.0791. The molecule has 2 aromatic rings. The van der Waals surface area contributed by atoms with Crippen molar-refractivity contribution < 1.29 is 14.3 Å². The molecule has 2 aliphatic rings. The summed E-state index contributed by atoms with van der Waals surface area (Å²) >= 11 is 0. The number of ether oxygens (including phenoxy) is 2. The molecule has 1 aromatic heterocycles. The summed E-state index contributed by atoms with van der Waals surface area (Å²) < 4.78 is 13.4. The Labute approximate surface area is 134 Å². The number of carbonyl (C=O) groups is 1. The highest BCUT2D eigenvalue weighted by Crippen LogP contribution is 2.53. The molecule has 3 atom stereocenters. The van der Waals surface area contributed by atoms with Gasteiger partial charge in [-0.15, -0.1) is 5.10 Å². The number of fused-ring (bicyclic) bond motifs is 2. The van der Waals surface area contributed by atoms with Crippen LogP contribution in [0.25, 0.3) is 11.0 Å². The number of hydrogen-bond acceptors (Lipinski definition) is 5. The van der Waals surface area contributed by atoms with Crippen molar-refractivity contribution in [2.24, 2.45) is 11.3 Å². The standard InChI is InChI=1S/C17H21N3O3/c1-4-20-13-6-5-10(9-12(13)18-19-20)16(21)23-15-11-7-8-22-14(11)17(15,2)3/h5-6,9,11,14-15H,4,7-8H2,1-3H3/t11-,14-,15-/m1/s1. The summed E-state index contributed by atoms with van der Waals surface area (Å²) in [6.07, 6.45) is 1.10. The van der Waals surface area contributed by atoms with Gasteiger partial charge in [0.15, 0.2) is 0 Å². The number of benzene rings is 1. The first-order valence-electron chi connectivity index (χ1n) is 8.18. The molecule has 6 heteroatoms. The Hall–Kier alpha value is -1.95. The molecule has 0 radical (unpaired) electrons. The second-order valence-electron chi connectivity index (χ2n) is 7.00. The number of carbonyl (C=O) groups excluding carboxylic acids is 1. The molecule has 122 valence electrons. The van der Waals surface area contributed by atoms with E-state index >= 15 is 0 Å². The molecule has 1 aliphatic heterocycles. The summed E-state index contributed by atoms with van der Waals surface area (Å²) in [6.45, 7) is 7.73. The van der Waals surface area contributed by atoms with Crippen molar-refractivity contribution >= 4 is 17.0 Å². The largest absolute Gasteiger partial charge is 0.458 e. The number of esters is 1. The Morgan fingerprint density at radius 3 is 3.09 bits per heavy atom. The average Bonchev–Trinajstić information content (AvgIpc) is 3.16. The van der Waals surface area contributed by atoms with Crippen molar-refractivity contribution in [1.29, 1.82) is 0 Å². The zero-order chi connectivity index (χ0) is 16.2. The molecule has 0 N–H and O–H groups in total. The van der Waals surface area contributed by atoms with Crippen LogP contribution in [-0.4, -0.2) is 39.8 Å². The third-order valence-corrected chi connectivity index (χ3v) is 5.28. The van der Waals surface area contributed by atoms with Gasteiger partial charge in [-0.1, -0.05) is 19.1 Å². The second-order valence-corrected chi connectivity index (χ2v) is 7.00. The number of aromatic nitrogens is 3. The van der Waals surface area contributed by atoms with E-state index in [2.05, 4.69) is 24.2 Å². The van der Waals surface area contributed by atoms with E-state index in [4.69, 9.17) is 9.47 Å². The van der Waals surface area contributed by atoms with Gasteiger partial charge in [0, 0.05) is 24.5 Å². The molecule has 1 saturated heterocycles. The number of rotatable bonds is 3. The Balaban J connectivity index is 1.55. The fourth-order valence-electron chi connectivity index (χ4n) is 4.03. The number of aryl methyl sites for hydroxylation is 1. The Morgan fingerprint density at radius 1 is 1.48 bits per heavy atom. The van der Waals surface area contributed by atoms with Gasteiger partial charge in [-0.2, -0.15) is 0 Å². The van der Waals surface area contributed by atoms with Gasteiger partial charge < -0.3 is 9.47 Å². The lowest BCUT2D eigenvalue weighted by Crippen LogP contribution is -2.61. The highest BCUT2D eigenvalue weighted by atomic mass is 16.6. The maximum absolute atomic E-state index is 12.5. The van der Waals surface area contributed by atoms with Crippen molar-refractivity contribution in [2.75, 3.05) is 6.61 Å². The van der Waals surface area contributed by atoms with E-state index in [1.807, 2.05) is 13.0 Å². The van der Waals surface area contributed by atoms with Crippen LogP contribution in [-0.2, 0) is 16.0 Å². The van der Waals surface area contributed by atoms with Crippen molar-refractivity contribution in [3.63, 3.8) is 0 Å². The van der Waals surface area contributed by atoms with E-state index in [1.165, 1.54) is 0 Å².